The summed E-state index contributed by atoms with van der Waals surface area (Å²) in [5, 5.41) is 8.69. The Labute approximate surface area is 99.2 Å². The van der Waals surface area contributed by atoms with Gasteiger partial charge in [-0.15, -0.1) is 0 Å². The second-order valence-electron chi connectivity index (χ2n) is 3.82. The van der Waals surface area contributed by atoms with Gasteiger partial charge in [0.1, 0.15) is 11.9 Å². The highest BCUT2D eigenvalue weighted by Gasteiger charge is 2.17. The number of aliphatic carboxylic acids is 1. The van der Waals surface area contributed by atoms with Gasteiger partial charge in [-0.1, -0.05) is 6.07 Å². The number of benzene rings is 1. The predicted octanol–water partition coefficient (Wildman–Crippen LogP) is 2.20. The van der Waals surface area contributed by atoms with Crippen LogP contribution in [0.25, 0.3) is 0 Å². The summed E-state index contributed by atoms with van der Waals surface area (Å²) in [4.78, 5) is 10.6. The number of ether oxygens (including phenoxy) is 1. The molecule has 2 unspecified atom stereocenters. The number of carboxylic acid groups (broad SMARTS) is 1. The Kier molecular flexibility index (Phi) is 4.45. The zero-order chi connectivity index (χ0) is 13.0. The molecule has 0 aliphatic rings. The number of carbonyl (C=O) groups is 1. The molecule has 0 aliphatic carbocycles. The van der Waals surface area contributed by atoms with Crippen LogP contribution in [-0.2, 0) is 4.79 Å². The molecule has 1 aromatic rings. The minimum absolute atomic E-state index is 0.222. The molecule has 0 radical (unpaired) electrons. The van der Waals surface area contributed by atoms with E-state index in [9.17, 15) is 9.18 Å². The molecule has 0 aliphatic heterocycles. The van der Waals surface area contributed by atoms with Crippen LogP contribution in [-0.4, -0.2) is 18.2 Å². The number of carboxylic acids is 1. The third-order valence-corrected chi connectivity index (χ3v) is 2.51. The van der Waals surface area contributed by atoms with Crippen LogP contribution in [0, 0.1) is 0 Å². The van der Waals surface area contributed by atoms with Gasteiger partial charge in [-0.05, 0) is 24.6 Å². The van der Waals surface area contributed by atoms with E-state index in [1.807, 2.05) is 0 Å². The zero-order valence-corrected chi connectivity index (χ0v) is 9.81. The topological polar surface area (TPSA) is 72.5 Å². The van der Waals surface area contributed by atoms with Crippen molar-refractivity contribution < 1.29 is 19.0 Å². The molecule has 0 aromatic heterocycles. The Morgan fingerprint density at radius 1 is 1.59 bits per heavy atom. The SMILES string of the molecule is COc1ccc(C(C)F)cc1C(N)CC(=O)O. The Morgan fingerprint density at radius 3 is 2.71 bits per heavy atom. The molecular formula is C12H16FNO3. The van der Waals surface area contributed by atoms with Gasteiger partial charge < -0.3 is 15.6 Å². The van der Waals surface area contributed by atoms with Gasteiger partial charge in [0.15, 0.2) is 0 Å². The molecular weight excluding hydrogens is 225 g/mol. The van der Waals surface area contributed by atoms with Crippen molar-refractivity contribution in [1.29, 1.82) is 0 Å². The lowest BCUT2D eigenvalue weighted by Crippen LogP contribution is -2.16. The number of hydrogen-bond acceptors (Lipinski definition) is 3. The molecule has 0 saturated heterocycles. The van der Waals surface area contributed by atoms with E-state index < -0.39 is 18.2 Å². The van der Waals surface area contributed by atoms with Crippen LogP contribution < -0.4 is 10.5 Å². The van der Waals surface area contributed by atoms with Gasteiger partial charge in [-0.25, -0.2) is 4.39 Å². The standard InChI is InChI=1S/C12H16FNO3/c1-7(13)8-3-4-11(17-2)9(5-8)10(14)6-12(15)16/h3-5,7,10H,6,14H2,1-2H3,(H,15,16). The highest BCUT2D eigenvalue weighted by Crippen LogP contribution is 2.29. The lowest BCUT2D eigenvalue weighted by molar-refractivity contribution is -0.137. The number of hydrogen-bond donors (Lipinski definition) is 2. The molecule has 0 bridgehead atoms. The Hall–Kier alpha value is -1.62. The van der Waals surface area contributed by atoms with Gasteiger partial charge in [0.2, 0.25) is 0 Å². The van der Waals surface area contributed by atoms with E-state index in [2.05, 4.69) is 0 Å². The van der Waals surface area contributed by atoms with Gasteiger partial charge >= 0.3 is 5.97 Å². The first kappa shape index (κ1) is 13.4. The van der Waals surface area contributed by atoms with Crippen LogP contribution in [0.2, 0.25) is 0 Å². The van der Waals surface area contributed by atoms with E-state index in [0.717, 1.165) is 0 Å². The number of halogens is 1. The summed E-state index contributed by atoms with van der Waals surface area (Å²) < 4.78 is 18.3. The number of nitrogens with two attached hydrogens (primary N) is 1. The largest absolute Gasteiger partial charge is 0.496 e. The fraction of sp³-hybridized carbons (Fsp3) is 0.417. The first-order valence-electron chi connectivity index (χ1n) is 5.25. The quantitative estimate of drug-likeness (QED) is 0.828. The van der Waals surface area contributed by atoms with Crippen molar-refractivity contribution in [2.45, 2.75) is 25.6 Å². The number of methoxy groups -OCH3 is 1. The van der Waals surface area contributed by atoms with Crippen LogP contribution >= 0.6 is 0 Å². The lowest BCUT2D eigenvalue weighted by Gasteiger charge is -2.16. The smallest absolute Gasteiger partial charge is 0.305 e. The summed E-state index contributed by atoms with van der Waals surface area (Å²) in [6.07, 6.45) is -1.35. The Bertz CT molecular complexity index is 407. The summed E-state index contributed by atoms with van der Waals surface area (Å²) in [6.45, 7) is 1.41. The zero-order valence-electron chi connectivity index (χ0n) is 9.81. The minimum atomic E-state index is -1.13. The highest BCUT2D eigenvalue weighted by molar-refractivity contribution is 5.68. The predicted molar refractivity (Wildman–Crippen MR) is 61.7 cm³/mol. The lowest BCUT2D eigenvalue weighted by atomic mass is 9.99. The molecule has 3 N–H and O–H groups in total. The highest BCUT2D eigenvalue weighted by atomic mass is 19.1. The number of alkyl halides is 1. The van der Waals surface area contributed by atoms with Crippen LogP contribution in [0.1, 0.15) is 36.7 Å². The van der Waals surface area contributed by atoms with Crippen LogP contribution in [0.3, 0.4) is 0 Å². The molecule has 0 spiro atoms. The van der Waals surface area contributed by atoms with E-state index in [1.54, 1.807) is 18.2 Å². The molecule has 5 heteroatoms. The van der Waals surface area contributed by atoms with Crippen molar-refractivity contribution in [1.82, 2.24) is 0 Å². The molecule has 0 saturated carbocycles. The van der Waals surface area contributed by atoms with E-state index in [-0.39, 0.29) is 6.42 Å². The van der Waals surface area contributed by atoms with Crippen LogP contribution in [0.4, 0.5) is 4.39 Å². The van der Waals surface area contributed by atoms with E-state index in [4.69, 9.17) is 15.6 Å². The Morgan fingerprint density at radius 2 is 2.24 bits per heavy atom. The maximum absolute atomic E-state index is 13.2. The second-order valence-corrected chi connectivity index (χ2v) is 3.82. The maximum atomic E-state index is 13.2. The summed E-state index contributed by atoms with van der Waals surface area (Å²) >= 11 is 0. The molecule has 0 amide bonds. The van der Waals surface area contributed by atoms with Crippen molar-refractivity contribution in [2.24, 2.45) is 5.73 Å². The van der Waals surface area contributed by atoms with Crippen LogP contribution in [0.15, 0.2) is 18.2 Å². The molecule has 0 fully saturated rings. The van der Waals surface area contributed by atoms with Crippen molar-refractivity contribution in [3.8, 4) is 5.75 Å². The summed E-state index contributed by atoms with van der Waals surface area (Å²) in [5.74, 6) is -0.526. The molecule has 1 aromatic carbocycles. The summed E-state index contributed by atoms with van der Waals surface area (Å²) in [7, 11) is 1.46. The van der Waals surface area contributed by atoms with Gasteiger partial charge in [-0.3, -0.25) is 4.79 Å². The minimum Gasteiger partial charge on any atom is -0.496 e. The molecule has 4 nitrogen and oxygen atoms in total. The Balaban J connectivity index is 3.09. The number of rotatable bonds is 5. The van der Waals surface area contributed by atoms with Crippen molar-refractivity contribution in [3.63, 3.8) is 0 Å². The average molecular weight is 241 g/mol. The third-order valence-electron chi connectivity index (χ3n) is 2.51. The average Bonchev–Trinajstić information content (AvgIpc) is 2.27. The fourth-order valence-corrected chi connectivity index (χ4v) is 1.59. The van der Waals surface area contributed by atoms with E-state index in [1.165, 1.54) is 14.0 Å². The fourth-order valence-electron chi connectivity index (χ4n) is 1.59. The molecule has 0 heterocycles. The van der Waals surface area contributed by atoms with Gasteiger partial charge in [0, 0.05) is 11.6 Å². The first-order chi connectivity index (χ1) is 7.95. The summed E-state index contributed by atoms with van der Waals surface area (Å²) in [5.41, 5.74) is 6.73. The molecule has 1 rings (SSSR count). The summed E-state index contributed by atoms with van der Waals surface area (Å²) in [6, 6.07) is 4.04. The van der Waals surface area contributed by atoms with E-state index >= 15 is 0 Å². The van der Waals surface area contributed by atoms with E-state index in [0.29, 0.717) is 16.9 Å². The van der Waals surface area contributed by atoms with Gasteiger partial charge in [0.25, 0.3) is 0 Å². The monoisotopic (exact) mass is 241 g/mol. The van der Waals surface area contributed by atoms with Crippen molar-refractivity contribution >= 4 is 5.97 Å². The molecule has 2 atom stereocenters. The van der Waals surface area contributed by atoms with Crippen molar-refractivity contribution in [2.75, 3.05) is 7.11 Å². The van der Waals surface area contributed by atoms with Gasteiger partial charge in [-0.2, -0.15) is 0 Å². The van der Waals surface area contributed by atoms with Crippen LogP contribution in [0.5, 0.6) is 5.75 Å². The molecule has 94 valence electrons. The first-order valence-corrected chi connectivity index (χ1v) is 5.25. The maximum Gasteiger partial charge on any atom is 0.305 e. The van der Waals surface area contributed by atoms with Gasteiger partial charge in [0.05, 0.1) is 13.5 Å². The third kappa shape index (κ3) is 3.42. The second kappa shape index (κ2) is 5.63. The van der Waals surface area contributed by atoms with Crippen molar-refractivity contribution in [3.05, 3.63) is 29.3 Å². The molecule has 17 heavy (non-hydrogen) atoms. The normalized spacial score (nSPS) is 14.1.